The molecule has 286 valence electrons. The van der Waals surface area contributed by atoms with E-state index in [1.165, 1.54) is 82.2 Å². The summed E-state index contributed by atoms with van der Waals surface area (Å²) >= 11 is 0. The van der Waals surface area contributed by atoms with Crippen molar-refractivity contribution < 1.29 is 0 Å². The van der Waals surface area contributed by atoms with Gasteiger partial charge in [-0.25, -0.2) is 9.97 Å². The van der Waals surface area contributed by atoms with Gasteiger partial charge in [0.15, 0.2) is 5.82 Å². The zero-order chi connectivity index (χ0) is 40.7. The lowest BCUT2D eigenvalue weighted by atomic mass is 9.82. The van der Waals surface area contributed by atoms with Crippen LogP contribution in [0.2, 0.25) is 0 Å². The molecule has 2 heteroatoms. The smallest absolute Gasteiger partial charge is 0.160 e. The van der Waals surface area contributed by atoms with Crippen molar-refractivity contribution in [2.24, 2.45) is 0 Å². The van der Waals surface area contributed by atoms with E-state index in [1.807, 2.05) is 6.07 Å². The Bertz CT molecular complexity index is 3550. The Balaban J connectivity index is 1.10. The SMILES string of the molecule is CC1(C)c2ccccc2-c2ccc(-c3cc(-c4ccc(-c5c6ccccc6c(-c6ccccc6)c6c5ccc5ccccc56)c5ccccc45)nc(-c4ccccc4)n3)cc21. The second-order valence-electron chi connectivity index (χ2n) is 16.8. The molecule has 61 heavy (non-hydrogen) atoms. The Labute approximate surface area is 355 Å². The summed E-state index contributed by atoms with van der Waals surface area (Å²) < 4.78 is 0. The summed E-state index contributed by atoms with van der Waals surface area (Å²) in [6.07, 6.45) is 0. The minimum absolute atomic E-state index is 0.119. The van der Waals surface area contributed by atoms with E-state index in [2.05, 4.69) is 214 Å². The molecule has 1 heterocycles. The minimum atomic E-state index is -0.119. The summed E-state index contributed by atoms with van der Waals surface area (Å²) in [5.41, 5.74) is 15.1. The number of rotatable bonds is 5. The molecule has 0 unspecified atom stereocenters. The highest BCUT2D eigenvalue weighted by Crippen LogP contribution is 2.51. The predicted molar refractivity (Wildman–Crippen MR) is 257 cm³/mol. The standard InChI is InChI=1S/C59H40N2/c1-59(2)51-28-16-15-25-44(51)45-31-30-40(35-52(45)59)53-36-54(61-58(60-53)39-20-7-4-8-21-39)46-33-34-49(43-24-12-11-23-42(43)46)56-48-27-14-13-26-47(48)55(38-18-5-3-6-19-38)57-41-22-10-9-17-37(41)29-32-50(56)57/h3-36H,1-2H3. The van der Waals surface area contributed by atoms with Gasteiger partial charge in [-0.05, 0) is 99.7 Å². The van der Waals surface area contributed by atoms with Crippen molar-refractivity contribution in [1.29, 1.82) is 0 Å². The third kappa shape index (κ3) is 5.49. The van der Waals surface area contributed by atoms with Gasteiger partial charge in [0.05, 0.1) is 11.4 Å². The van der Waals surface area contributed by atoms with Crippen LogP contribution in [0.3, 0.4) is 0 Å². The summed E-state index contributed by atoms with van der Waals surface area (Å²) in [5.74, 6) is 0.713. The third-order valence-corrected chi connectivity index (χ3v) is 13.1. The molecular formula is C59H40N2. The largest absolute Gasteiger partial charge is 0.228 e. The van der Waals surface area contributed by atoms with Gasteiger partial charge in [0.1, 0.15) is 0 Å². The molecule has 0 aliphatic heterocycles. The van der Waals surface area contributed by atoms with Gasteiger partial charge in [0.2, 0.25) is 0 Å². The first kappa shape index (κ1) is 35.3. The Hall–Kier alpha value is -7.68. The van der Waals surface area contributed by atoms with E-state index in [0.717, 1.165) is 33.5 Å². The Morgan fingerprint density at radius 3 is 1.66 bits per heavy atom. The van der Waals surface area contributed by atoms with Crippen LogP contribution in [0.1, 0.15) is 25.0 Å². The molecule has 0 radical (unpaired) electrons. The van der Waals surface area contributed by atoms with Crippen LogP contribution in [0.5, 0.6) is 0 Å². The second-order valence-corrected chi connectivity index (χ2v) is 16.8. The highest BCUT2D eigenvalue weighted by atomic mass is 14.9. The monoisotopic (exact) mass is 776 g/mol. The summed E-state index contributed by atoms with van der Waals surface area (Å²) in [6, 6.07) is 75.0. The molecule has 0 fully saturated rings. The lowest BCUT2D eigenvalue weighted by Gasteiger charge is -2.22. The Morgan fingerprint density at radius 1 is 0.328 bits per heavy atom. The summed E-state index contributed by atoms with van der Waals surface area (Å²) in [6.45, 7) is 4.67. The summed E-state index contributed by atoms with van der Waals surface area (Å²) in [5, 5.41) is 9.83. The maximum atomic E-state index is 5.35. The highest BCUT2D eigenvalue weighted by Gasteiger charge is 2.35. The van der Waals surface area contributed by atoms with Gasteiger partial charge in [0, 0.05) is 22.1 Å². The molecule has 10 aromatic carbocycles. The molecule has 0 N–H and O–H groups in total. The van der Waals surface area contributed by atoms with Crippen molar-refractivity contribution in [3.63, 3.8) is 0 Å². The predicted octanol–water partition coefficient (Wildman–Crippen LogP) is 15.7. The van der Waals surface area contributed by atoms with Gasteiger partial charge < -0.3 is 0 Å². The second kappa shape index (κ2) is 13.7. The van der Waals surface area contributed by atoms with Crippen LogP contribution in [0.4, 0.5) is 0 Å². The third-order valence-electron chi connectivity index (χ3n) is 13.1. The van der Waals surface area contributed by atoms with Gasteiger partial charge in [0.25, 0.3) is 0 Å². The van der Waals surface area contributed by atoms with E-state index >= 15 is 0 Å². The Morgan fingerprint density at radius 2 is 0.885 bits per heavy atom. The molecule has 12 rings (SSSR count). The lowest BCUT2D eigenvalue weighted by Crippen LogP contribution is -2.14. The van der Waals surface area contributed by atoms with Crippen molar-refractivity contribution in [3.8, 4) is 67.3 Å². The average molecular weight is 777 g/mol. The van der Waals surface area contributed by atoms with Crippen molar-refractivity contribution >= 4 is 43.1 Å². The first-order chi connectivity index (χ1) is 30.0. The lowest BCUT2D eigenvalue weighted by molar-refractivity contribution is 0.660. The molecule has 0 spiro atoms. The van der Waals surface area contributed by atoms with Crippen LogP contribution in [0.15, 0.2) is 206 Å². The molecule has 1 aliphatic carbocycles. The number of benzene rings is 10. The van der Waals surface area contributed by atoms with Crippen molar-refractivity contribution in [3.05, 3.63) is 217 Å². The molecule has 0 saturated carbocycles. The van der Waals surface area contributed by atoms with Crippen LogP contribution in [-0.2, 0) is 5.41 Å². The molecular weight excluding hydrogens is 737 g/mol. The number of hydrogen-bond acceptors (Lipinski definition) is 2. The van der Waals surface area contributed by atoms with Crippen LogP contribution < -0.4 is 0 Å². The van der Waals surface area contributed by atoms with E-state index in [0.29, 0.717) is 5.82 Å². The van der Waals surface area contributed by atoms with E-state index in [4.69, 9.17) is 9.97 Å². The number of nitrogens with zero attached hydrogens (tertiary/aromatic N) is 2. The van der Waals surface area contributed by atoms with E-state index in [1.54, 1.807) is 0 Å². The summed E-state index contributed by atoms with van der Waals surface area (Å²) in [7, 11) is 0. The topological polar surface area (TPSA) is 25.8 Å². The van der Waals surface area contributed by atoms with Crippen LogP contribution >= 0.6 is 0 Å². The summed E-state index contributed by atoms with van der Waals surface area (Å²) in [4.78, 5) is 10.6. The fraction of sp³-hybridized carbons (Fsp3) is 0.0508. The van der Waals surface area contributed by atoms with Crippen molar-refractivity contribution in [2.45, 2.75) is 19.3 Å². The molecule has 0 atom stereocenters. The van der Waals surface area contributed by atoms with Gasteiger partial charge in [-0.3, -0.25) is 0 Å². The van der Waals surface area contributed by atoms with Gasteiger partial charge in [-0.15, -0.1) is 0 Å². The van der Waals surface area contributed by atoms with E-state index in [9.17, 15) is 0 Å². The van der Waals surface area contributed by atoms with Gasteiger partial charge in [-0.2, -0.15) is 0 Å². The first-order valence-corrected chi connectivity index (χ1v) is 21.2. The van der Waals surface area contributed by atoms with Crippen LogP contribution in [0.25, 0.3) is 110 Å². The maximum Gasteiger partial charge on any atom is 0.160 e. The van der Waals surface area contributed by atoms with Crippen molar-refractivity contribution in [1.82, 2.24) is 9.97 Å². The van der Waals surface area contributed by atoms with E-state index in [-0.39, 0.29) is 5.41 Å². The number of hydrogen-bond donors (Lipinski definition) is 0. The molecule has 1 aromatic heterocycles. The quantitative estimate of drug-likeness (QED) is 0.128. The fourth-order valence-electron chi connectivity index (χ4n) is 10.2. The molecule has 0 bridgehead atoms. The van der Waals surface area contributed by atoms with Gasteiger partial charge >= 0.3 is 0 Å². The first-order valence-electron chi connectivity index (χ1n) is 21.2. The maximum absolute atomic E-state index is 5.35. The Kier molecular flexibility index (Phi) is 7.92. The van der Waals surface area contributed by atoms with Crippen LogP contribution in [-0.4, -0.2) is 9.97 Å². The number of aromatic nitrogens is 2. The molecule has 1 aliphatic rings. The van der Waals surface area contributed by atoms with E-state index < -0.39 is 0 Å². The minimum Gasteiger partial charge on any atom is -0.228 e. The zero-order valence-electron chi connectivity index (χ0n) is 34.0. The van der Waals surface area contributed by atoms with Crippen LogP contribution in [0, 0.1) is 0 Å². The highest BCUT2D eigenvalue weighted by molar-refractivity contribution is 6.29. The fourth-order valence-corrected chi connectivity index (χ4v) is 10.2. The molecule has 11 aromatic rings. The average Bonchev–Trinajstić information content (AvgIpc) is 3.56. The molecule has 2 nitrogen and oxygen atoms in total. The molecule has 0 saturated heterocycles. The normalized spacial score (nSPS) is 12.9. The van der Waals surface area contributed by atoms with Gasteiger partial charge in [-0.1, -0.05) is 208 Å². The molecule has 0 amide bonds. The number of fused-ring (bicyclic) bond motifs is 8. The van der Waals surface area contributed by atoms with Crippen molar-refractivity contribution in [2.75, 3.05) is 0 Å². The zero-order valence-corrected chi connectivity index (χ0v) is 34.0.